The van der Waals surface area contributed by atoms with Crippen molar-refractivity contribution in [1.82, 2.24) is 14.9 Å². The smallest absolute Gasteiger partial charge is 0.113 e. The maximum Gasteiger partial charge on any atom is 0.113 e. The van der Waals surface area contributed by atoms with Crippen LogP contribution in [0.2, 0.25) is 0 Å². The Balaban J connectivity index is 2.06. The summed E-state index contributed by atoms with van der Waals surface area (Å²) in [7, 11) is 1.97. The predicted molar refractivity (Wildman–Crippen MR) is 77.1 cm³/mol. The van der Waals surface area contributed by atoms with Gasteiger partial charge in [-0.1, -0.05) is 20.8 Å². The van der Waals surface area contributed by atoms with Crippen molar-refractivity contribution in [1.29, 1.82) is 0 Å². The minimum atomic E-state index is 0.142. The van der Waals surface area contributed by atoms with Gasteiger partial charge in [0.05, 0.1) is 12.2 Å². The van der Waals surface area contributed by atoms with Crippen LogP contribution >= 0.6 is 11.3 Å². The van der Waals surface area contributed by atoms with E-state index in [4.69, 9.17) is 4.98 Å². The Hall–Kier alpha value is -1.13. The Labute approximate surface area is 113 Å². The molecule has 18 heavy (non-hydrogen) atoms. The highest BCUT2D eigenvalue weighted by atomic mass is 32.1. The number of aromatic nitrogens is 2. The lowest BCUT2D eigenvalue weighted by molar-refractivity contribution is 0.569. The first kappa shape index (κ1) is 13.3. The highest BCUT2D eigenvalue weighted by Crippen LogP contribution is 2.24. The van der Waals surface area contributed by atoms with Gasteiger partial charge in [0.2, 0.25) is 0 Å². The van der Waals surface area contributed by atoms with Crippen molar-refractivity contribution in [2.24, 2.45) is 0 Å². The Bertz CT molecular complexity index is 505. The molecule has 2 aromatic heterocycles. The fraction of sp³-hybridized carbons (Fsp3) is 0.500. The Morgan fingerprint density at radius 1 is 1.39 bits per heavy atom. The molecule has 0 amide bonds. The fourth-order valence-electron chi connectivity index (χ4n) is 1.78. The monoisotopic (exact) mass is 263 g/mol. The van der Waals surface area contributed by atoms with Crippen molar-refractivity contribution in [3.63, 3.8) is 0 Å². The molecule has 0 saturated carbocycles. The molecular weight excluding hydrogens is 242 g/mol. The summed E-state index contributed by atoms with van der Waals surface area (Å²) in [5, 5.41) is 6.51. The molecule has 0 bridgehead atoms. The Kier molecular flexibility index (Phi) is 3.88. The second-order valence-electron chi connectivity index (χ2n) is 5.60. The van der Waals surface area contributed by atoms with E-state index in [1.165, 1.54) is 16.3 Å². The third kappa shape index (κ3) is 3.21. The summed E-state index contributed by atoms with van der Waals surface area (Å²) in [6.07, 6.45) is 4.29. The van der Waals surface area contributed by atoms with E-state index in [1.807, 2.05) is 7.05 Å². The highest BCUT2D eigenvalue weighted by molar-refractivity contribution is 7.09. The van der Waals surface area contributed by atoms with Crippen molar-refractivity contribution < 1.29 is 0 Å². The van der Waals surface area contributed by atoms with Crippen molar-refractivity contribution >= 4 is 11.3 Å². The van der Waals surface area contributed by atoms with Crippen molar-refractivity contribution in [2.45, 2.75) is 39.3 Å². The normalized spacial score (nSPS) is 12.0. The molecule has 0 aliphatic carbocycles. The minimum Gasteiger partial charge on any atom is -0.347 e. The van der Waals surface area contributed by atoms with Gasteiger partial charge in [0, 0.05) is 29.7 Å². The van der Waals surface area contributed by atoms with Crippen LogP contribution in [0, 0.1) is 0 Å². The van der Waals surface area contributed by atoms with Crippen LogP contribution in [0.3, 0.4) is 0 Å². The molecule has 0 spiro atoms. The summed E-state index contributed by atoms with van der Waals surface area (Å²) in [5.74, 6) is 0. The van der Waals surface area contributed by atoms with Gasteiger partial charge in [-0.3, -0.25) is 0 Å². The number of thiazole rings is 1. The summed E-state index contributed by atoms with van der Waals surface area (Å²) < 4.78 is 2.19. The molecule has 0 aliphatic rings. The molecule has 0 atom stereocenters. The number of hydrogen-bond donors (Lipinski definition) is 1. The standard InChI is InChI=1S/C14H21N3S/c1-14(2,3)12-10-18-13(16-12)9-17-6-5-11(8-17)7-15-4/h5-6,8,10,15H,7,9H2,1-4H3. The molecule has 0 unspecified atom stereocenters. The first-order chi connectivity index (χ1) is 8.49. The maximum absolute atomic E-state index is 4.71. The van der Waals surface area contributed by atoms with Gasteiger partial charge in [-0.2, -0.15) is 0 Å². The lowest BCUT2D eigenvalue weighted by atomic mass is 9.93. The average Bonchev–Trinajstić information content (AvgIpc) is 2.88. The van der Waals surface area contributed by atoms with Crippen LogP contribution in [0.4, 0.5) is 0 Å². The van der Waals surface area contributed by atoms with E-state index in [9.17, 15) is 0 Å². The zero-order valence-electron chi connectivity index (χ0n) is 11.5. The van der Waals surface area contributed by atoms with E-state index in [1.54, 1.807) is 11.3 Å². The van der Waals surface area contributed by atoms with Crippen molar-refractivity contribution in [2.75, 3.05) is 7.05 Å². The third-order valence-corrected chi connectivity index (χ3v) is 3.66. The van der Waals surface area contributed by atoms with Gasteiger partial charge >= 0.3 is 0 Å². The molecule has 2 aromatic rings. The van der Waals surface area contributed by atoms with E-state index in [0.717, 1.165) is 13.1 Å². The highest BCUT2D eigenvalue weighted by Gasteiger charge is 2.17. The molecule has 0 radical (unpaired) electrons. The zero-order valence-corrected chi connectivity index (χ0v) is 12.3. The zero-order chi connectivity index (χ0) is 13.2. The minimum absolute atomic E-state index is 0.142. The molecule has 0 fully saturated rings. The first-order valence-electron chi connectivity index (χ1n) is 6.23. The fourth-order valence-corrected chi connectivity index (χ4v) is 2.81. The summed E-state index contributed by atoms with van der Waals surface area (Å²) in [6.45, 7) is 8.38. The van der Waals surface area contributed by atoms with Gasteiger partial charge in [0.1, 0.15) is 5.01 Å². The molecule has 3 nitrogen and oxygen atoms in total. The number of hydrogen-bond acceptors (Lipinski definition) is 3. The summed E-state index contributed by atoms with van der Waals surface area (Å²) in [6, 6.07) is 2.15. The first-order valence-corrected chi connectivity index (χ1v) is 7.11. The third-order valence-electron chi connectivity index (χ3n) is 2.83. The predicted octanol–water partition coefficient (Wildman–Crippen LogP) is 3.01. The molecular formula is C14H21N3S. The SMILES string of the molecule is CNCc1ccn(Cc2nc(C(C)(C)C)cs2)c1. The number of nitrogens with one attached hydrogen (secondary N) is 1. The van der Waals surface area contributed by atoms with Gasteiger partial charge < -0.3 is 9.88 Å². The largest absolute Gasteiger partial charge is 0.347 e. The van der Waals surface area contributed by atoms with Crippen LogP contribution in [0.25, 0.3) is 0 Å². The molecule has 2 heterocycles. The molecule has 0 aromatic carbocycles. The number of rotatable bonds is 4. The molecule has 0 aliphatic heterocycles. The van der Waals surface area contributed by atoms with Crippen LogP contribution in [0.1, 0.15) is 37.0 Å². The van der Waals surface area contributed by atoms with Crippen LogP contribution in [0.15, 0.2) is 23.8 Å². The van der Waals surface area contributed by atoms with Gasteiger partial charge in [0.15, 0.2) is 0 Å². The molecule has 98 valence electrons. The summed E-state index contributed by atoms with van der Waals surface area (Å²) in [5.41, 5.74) is 2.64. The van der Waals surface area contributed by atoms with Crippen LogP contribution < -0.4 is 5.32 Å². The van der Waals surface area contributed by atoms with Crippen LogP contribution in [-0.2, 0) is 18.5 Å². The van der Waals surface area contributed by atoms with Crippen LogP contribution in [0.5, 0.6) is 0 Å². The van der Waals surface area contributed by atoms with Gasteiger partial charge in [0.25, 0.3) is 0 Å². The van der Waals surface area contributed by atoms with Crippen LogP contribution in [-0.4, -0.2) is 16.6 Å². The Morgan fingerprint density at radius 3 is 2.78 bits per heavy atom. The van der Waals surface area contributed by atoms with Crippen molar-refractivity contribution in [3.05, 3.63) is 40.1 Å². The summed E-state index contributed by atoms with van der Waals surface area (Å²) in [4.78, 5) is 4.71. The maximum atomic E-state index is 4.71. The quantitative estimate of drug-likeness (QED) is 0.919. The summed E-state index contributed by atoms with van der Waals surface area (Å²) >= 11 is 1.75. The average molecular weight is 263 g/mol. The lowest BCUT2D eigenvalue weighted by Gasteiger charge is -2.14. The van der Waals surface area contributed by atoms with Gasteiger partial charge in [-0.25, -0.2) is 4.98 Å². The molecule has 0 saturated heterocycles. The topological polar surface area (TPSA) is 29.9 Å². The number of nitrogens with zero attached hydrogens (tertiary/aromatic N) is 2. The second kappa shape index (κ2) is 5.24. The molecule has 2 rings (SSSR count). The van der Waals surface area contributed by atoms with Gasteiger partial charge in [-0.15, -0.1) is 11.3 Å². The molecule has 1 N–H and O–H groups in total. The van der Waals surface area contributed by atoms with E-state index in [-0.39, 0.29) is 5.41 Å². The van der Waals surface area contributed by atoms with E-state index < -0.39 is 0 Å². The van der Waals surface area contributed by atoms with Gasteiger partial charge in [-0.05, 0) is 18.7 Å². The van der Waals surface area contributed by atoms with Crippen molar-refractivity contribution in [3.8, 4) is 0 Å². The second-order valence-corrected chi connectivity index (χ2v) is 6.54. The van der Waals surface area contributed by atoms with E-state index in [0.29, 0.717) is 0 Å². The lowest BCUT2D eigenvalue weighted by Crippen LogP contribution is -2.11. The Morgan fingerprint density at radius 2 is 2.17 bits per heavy atom. The van der Waals surface area contributed by atoms with E-state index >= 15 is 0 Å². The molecule has 4 heteroatoms. The van der Waals surface area contributed by atoms with E-state index in [2.05, 4.69) is 54.5 Å².